The van der Waals surface area contributed by atoms with Crippen LogP contribution in [0.25, 0.3) is 0 Å². The number of alkyl halides is 1. The molecule has 84 valence electrons. The van der Waals surface area contributed by atoms with E-state index in [4.69, 9.17) is 0 Å². The van der Waals surface area contributed by atoms with Crippen LogP contribution in [0.15, 0.2) is 29.2 Å². The molecule has 0 radical (unpaired) electrons. The minimum Gasteiger partial charge on any atom is -0.224 e. The Morgan fingerprint density at radius 3 is 2.20 bits per heavy atom. The van der Waals surface area contributed by atoms with Gasteiger partial charge in [0.25, 0.3) is 0 Å². The molecular weight excluding hydrogens is 276 g/mol. The molecule has 0 heterocycles. The van der Waals surface area contributed by atoms with Crippen LogP contribution in [0.3, 0.4) is 0 Å². The predicted octanol–water partition coefficient (Wildman–Crippen LogP) is 2.81. The van der Waals surface area contributed by atoms with E-state index in [0.717, 1.165) is 18.4 Å². The highest BCUT2D eigenvalue weighted by molar-refractivity contribution is 9.09. The molecule has 1 aromatic carbocycles. The molecule has 0 amide bonds. The quantitative estimate of drug-likeness (QED) is 0.799. The van der Waals surface area contributed by atoms with E-state index in [2.05, 4.69) is 22.9 Å². The molecule has 1 unspecified atom stereocenters. The van der Waals surface area contributed by atoms with Gasteiger partial charge in [0.05, 0.1) is 4.90 Å². The molecule has 0 spiro atoms. The van der Waals surface area contributed by atoms with E-state index in [9.17, 15) is 8.42 Å². The van der Waals surface area contributed by atoms with Crippen LogP contribution in [0.5, 0.6) is 0 Å². The Bertz CT molecular complexity index is 409. The third-order valence-corrected chi connectivity index (χ3v) is 4.35. The molecule has 0 fully saturated rings. The molecule has 0 bridgehead atoms. The summed E-state index contributed by atoms with van der Waals surface area (Å²) in [6.07, 6.45) is 3.22. The predicted molar refractivity (Wildman–Crippen MR) is 66.3 cm³/mol. The molecule has 0 aliphatic rings. The van der Waals surface area contributed by atoms with Crippen molar-refractivity contribution in [3.63, 3.8) is 0 Å². The maximum Gasteiger partial charge on any atom is 0.175 e. The van der Waals surface area contributed by atoms with Crippen LogP contribution in [0.4, 0.5) is 0 Å². The number of rotatable bonds is 4. The Morgan fingerprint density at radius 1 is 1.27 bits per heavy atom. The topological polar surface area (TPSA) is 34.1 Å². The minimum absolute atomic E-state index is 0.383. The Balaban J connectivity index is 2.82. The van der Waals surface area contributed by atoms with Crippen molar-refractivity contribution >= 4 is 25.8 Å². The lowest BCUT2D eigenvalue weighted by Gasteiger charge is -2.07. The van der Waals surface area contributed by atoms with Gasteiger partial charge in [0, 0.05) is 11.1 Å². The molecule has 2 nitrogen and oxygen atoms in total. The first-order valence-corrected chi connectivity index (χ1v) is 7.67. The van der Waals surface area contributed by atoms with Crippen molar-refractivity contribution in [2.45, 2.75) is 29.5 Å². The fraction of sp³-hybridized carbons (Fsp3) is 0.455. The van der Waals surface area contributed by atoms with Gasteiger partial charge in [0.15, 0.2) is 9.84 Å². The summed E-state index contributed by atoms with van der Waals surface area (Å²) in [6, 6.07) is 7.08. The van der Waals surface area contributed by atoms with Gasteiger partial charge in [-0.2, -0.15) is 0 Å². The molecule has 1 aromatic rings. The highest BCUT2D eigenvalue weighted by Crippen LogP contribution is 2.15. The number of hydrogen-bond acceptors (Lipinski definition) is 2. The summed E-state index contributed by atoms with van der Waals surface area (Å²) < 4.78 is 22.4. The number of halogens is 1. The van der Waals surface area contributed by atoms with Crippen molar-refractivity contribution in [2.75, 3.05) is 6.26 Å². The minimum atomic E-state index is -3.07. The molecule has 1 atom stereocenters. The number of benzene rings is 1. The second-order valence-corrected chi connectivity index (χ2v) is 6.94. The van der Waals surface area contributed by atoms with E-state index in [-0.39, 0.29) is 0 Å². The van der Waals surface area contributed by atoms with Gasteiger partial charge >= 0.3 is 0 Å². The lowest BCUT2D eigenvalue weighted by atomic mass is 10.1. The molecule has 0 aromatic heterocycles. The zero-order valence-corrected chi connectivity index (χ0v) is 11.3. The second kappa shape index (κ2) is 5.12. The Kier molecular flexibility index (Phi) is 4.34. The monoisotopic (exact) mass is 290 g/mol. The first kappa shape index (κ1) is 12.7. The lowest BCUT2D eigenvalue weighted by Crippen LogP contribution is -2.01. The Labute approximate surface area is 99.7 Å². The van der Waals surface area contributed by atoms with E-state index in [1.165, 1.54) is 6.26 Å². The fourth-order valence-corrected chi connectivity index (χ4v) is 2.28. The van der Waals surface area contributed by atoms with E-state index in [1.54, 1.807) is 12.1 Å². The van der Waals surface area contributed by atoms with Crippen LogP contribution in [0, 0.1) is 0 Å². The number of sulfone groups is 1. The van der Waals surface area contributed by atoms with Gasteiger partial charge in [-0.15, -0.1) is 0 Å². The second-order valence-electron chi connectivity index (χ2n) is 3.63. The molecule has 15 heavy (non-hydrogen) atoms. The van der Waals surface area contributed by atoms with Crippen LogP contribution in [-0.4, -0.2) is 19.5 Å². The first-order chi connectivity index (χ1) is 6.93. The zero-order chi connectivity index (χ0) is 11.5. The Hall–Kier alpha value is -0.350. The average Bonchev–Trinajstić information content (AvgIpc) is 2.17. The summed E-state index contributed by atoms with van der Waals surface area (Å²) in [5.41, 5.74) is 1.16. The van der Waals surface area contributed by atoms with Crippen LogP contribution < -0.4 is 0 Å². The van der Waals surface area contributed by atoms with Crippen molar-refractivity contribution < 1.29 is 8.42 Å². The largest absolute Gasteiger partial charge is 0.224 e. The Morgan fingerprint density at radius 2 is 1.80 bits per heavy atom. The van der Waals surface area contributed by atoms with Crippen LogP contribution in [0.2, 0.25) is 0 Å². The van der Waals surface area contributed by atoms with E-state index >= 15 is 0 Å². The van der Waals surface area contributed by atoms with Gasteiger partial charge in [-0.1, -0.05) is 35.0 Å². The third-order valence-electron chi connectivity index (χ3n) is 2.25. The summed E-state index contributed by atoms with van der Waals surface area (Å²) >= 11 is 3.55. The summed E-state index contributed by atoms with van der Waals surface area (Å²) in [7, 11) is -3.07. The molecule has 4 heteroatoms. The van der Waals surface area contributed by atoms with E-state index < -0.39 is 9.84 Å². The average molecular weight is 291 g/mol. The van der Waals surface area contributed by atoms with Crippen molar-refractivity contribution in [2.24, 2.45) is 0 Å². The smallest absolute Gasteiger partial charge is 0.175 e. The summed E-state index contributed by atoms with van der Waals surface area (Å²) in [6.45, 7) is 2.12. The maximum absolute atomic E-state index is 11.2. The molecule has 0 aliphatic carbocycles. The van der Waals surface area contributed by atoms with Crippen molar-refractivity contribution in [1.82, 2.24) is 0 Å². The highest BCUT2D eigenvalue weighted by Gasteiger charge is 2.07. The van der Waals surface area contributed by atoms with Crippen molar-refractivity contribution in [1.29, 1.82) is 0 Å². The van der Waals surface area contributed by atoms with Crippen LogP contribution in [-0.2, 0) is 16.3 Å². The maximum atomic E-state index is 11.2. The van der Waals surface area contributed by atoms with Gasteiger partial charge in [-0.3, -0.25) is 0 Å². The fourth-order valence-electron chi connectivity index (χ4n) is 1.27. The highest BCUT2D eigenvalue weighted by atomic mass is 79.9. The normalized spacial score (nSPS) is 13.8. The first-order valence-electron chi connectivity index (χ1n) is 4.86. The van der Waals surface area contributed by atoms with E-state index in [1.807, 2.05) is 12.1 Å². The molecular formula is C11H15BrO2S. The SMILES string of the molecule is CCC(Br)Cc1ccc(S(C)(=O)=O)cc1. The lowest BCUT2D eigenvalue weighted by molar-refractivity contribution is 0.602. The zero-order valence-electron chi connectivity index (χ0n) is 8.90. The standard InChI is InChI=1S/C11H15BrO2S/c1-3-10(12)8-9-4-6-11(7-5-9)15(2,13)14/h4-7,10H,3,8H2,1-2H3. The summed E-state index contributed by atoms with van der Waals surface area (Å²) in [5.74, 6) is 0. The van der Waals surface area contributed by atoms with E-state index in [0.29, 0.717) is 9.72 Å². The number of hydrogen-bond donors (Lipinski definition) is 0. The molecule has 1 rings (SSSR count). The van der Waals surface area contributed by atoms with Gasteiger partial charge in [-0.05, 0) is 30.5 Å². The van der Waals surface area contributed by atoms with Gasteiger partial charge in [-0.25, -0.2) is 8.42 Å². The molecule has 0 saturated heterocycles. The van der Waals surface area contributed by atoms with Crippen LogP contribution >= 0.6 is 15.9 Å². The van der Waals surface area contributed by atoms with Crippen molar-refractivity contribution in [3.8, 4) is 0 Å². The van der Waals surface area contributed by atoms with Gasteiger partial charge in [0.1, 0.15) is 0 Å². The molecule has 0 saturated carbocycles. The van der Waals surface area contributed by atoms with Crippen molar-refractivity contribution in [3.05, 3.63) is 29.8 Å². The van der Waals surface area contributed by atoms with Gasteiger partial charge in [0.2, 0.25) is 0 Å². The third kappa shape index (κ3) is 3.95. The molecule has 0 aliphatic heterocycles. The van der Waals surface area contributed by atoms with Crippen LogP contribution in [0.1, 0.15) is 18.9 Å². The summed E-state index contributed by atoms with van der Waals surface area (Å²) in [5, 5.41) is 0. The molecule has 0 N–H and O–H groups in total. The van der Waals surface area contributed by atoms with Gasteiger partial charge < -0.3 is 0 Å². The summed E-state index contributed by atoms with van der Waals surface area (Å²) in [4.78, 5) is 0.843.